The maximum atomic E-state index is 13.3. The molecule has 190 valence electrons. The Bertz CT molecular complexity index is 1240. The van der Waals surface area contributed by atoms with Crippen molar-refractivity contribution in [2.45, 2.75) is 63.7 Å². The Morgan fingerprint density at radius 1 is 1.09 bits per heavy atom. The first-order valence-corrected chi connectivity index (χ1v) is 14.5. The lowest BCUT2D eigenvalue weighted by Crippen LogP contribution is -2.51. The summed E-state index contributed by atoms with van der Waals surface area (Å²) in [4.78, 5) is 2.56. The van der Waals surface area contributed by atoms with Crippen molar-refractivity contribution in [1.29, 1.82) is 0 Å². The van der Waals surface area contributed by atoms with Gasteiger partial charge in [-0.3, -0.25) is 9.58 Å². The molecular weight excluding hydrogens is 475 g/mol. The maximum absolute atomic E-state index is 13.3. The van der Waals surface area contributed by atoms with Crippen molar-refractivity contribution in [2.24, 2.45) is 17.3 Å². The molecule has 1 aromatic heterocycles. The SMILES string of the molecule is CC(C)n1nc(-c2cccc(C(F)(F)F)c2)cc1[C@@H]1CC2C[C@H]1C[C@H]2N1CCC2(C1)CS(=O)(=O)C2. The monoisotopic (exact) mass is 507 g/mol. The molecule has 35 heavy (non-hydrogen) atoms. The second kappa shape index (κ2) is 7.81. The lowest BCUT2D eigenvalue weighted by molar-refractivity contribution is -0.137. The molecule has 4 fully saturated rings. The van der Waals surface area contributed by atoms with Gasteiger partial charge in [0.2, 0.25) is 0 Å². The molecule has 2 saturated heterocycles. The van der Waals surface area contributed by atoms with Crippen LogP contribution in [0.1, 0.15) is 62.7 Å². The quantitative estimate of drug-likeness (QED) is 0.574. The normalized spacial score (nSPS) is 31.5. The fourth-order valence-electron chi connectivity index (χ4n) is 7.53. The van der Waals surface area contributed by atoms with Crippen LogP contribution in [0, 0.1) is 17.3 Å². The van der Waals surface area contributed by atoms with Crippen LogP contribution in [-0.4, -0.2) is 53.7 Å². The van der Waals surface area contributed by atoms with E-state index < -0.39 is 21.6 Å². The first kappa shape index (κ1) is 23.5. The van der Waals surface area contributed by atoms with Gasteiger partial charge in [0.05, 0.1) is 22.8 Å². The van der Waals surface area contributed by atoms with Gasteiger partial charge in [0.1, 0.15) is 0 Å². The molecule has 0 N–H and O–H groups in total. The van der Waals surface area contributed by atoms with Gasteiger partial charge in [-0.25, -0.2) is 8.42 Å². The Hall–Kier alpha value is -1.87. The lowest BCUT2D eigenvalue weighted by Gasteiger charge is -2.40. The number of hydrogen-bond acceptors (Lipinski definition) is 4. The number of sulfone groups is 1. The maximum Gasteiger partial charge on any atom is 0.416 e. The van der Waals surface area contributed by atoms with E-state index in [0.29, 0.717) is 46.6 Å². The van der Waals surface area contributed by atoms with Crippen molar-refractivity contribution >= 4 is 9.84 Å². The van der Waals surface area contributed by atoms with Crippen molar-refractivity contribution in [3.63, 3.8) is 0 Å². The predicted octanol–water partition coefficient (Wildman–Crippen LogP) is 5.15. The number of benzene rings is 1. The molecule has 0 amide bonds. The Labute approximate surface area is 204 Å². The van der Waals surface area contributed by atoms with Crippen molar-refractivity contribution in [3.05, 3.63) is 41.6 Å². The van der Waals surface area contributed by atoms with Crippen molar-refractivity contribution in [2.75, 3.05) is 24.6 Å². The van der Waals surface area contributed by atoms with E-state index in [1.54, 1.807) is 6.07 Å². The molecule has 2 aliphatic carbocycles. The molecule has 4 atom stereocenters. The third-order valence-corrected chi connectivity index (χ3v) is 11.0. The third-order valence-electron chi connectivity index (χ3n) is 8.93. The van der Waals surface area contributed by atoms with Gasteiger partial charge < -0.3 is 0 Å². The highest BCUT2D eigenvalue weighted by Crippen LogP contribution is 2.56. The summed E-state index contributed by atoms with van der Waals surface area (Å²) in [5.41, 5.74) is 1.59. The van der Waals surface area contributed by atoms with Crippen molar-refractivity contribution < 1.29 is 21.6 Å². The summed E-state index contributed by atoms with van der Waals surface area (Å²) in [5, 5.41) is 4.76. The molecule has 2 aromatic rings. The zero-order chi connectivity index (χ0) is 24.8. The third kappa shape index (κ3) is 4.02. The molecule has 1 aromatic carbocycles. The van der Waals surface area contributed by atoms with Crippen LogP contribution in [0.5, 0.6) is 0 Å². The predicted molar refractivity (Wildman–Crippen MR) is 128 cm³/mol. The van der Waals surface area contributed by atoms with Gasteiger partial charge in [-0.1, -0.05) is 12.1 Å². The number of nitrogens with zero attached hydrogens (tertiary/aromatic N) is 3. The number of fused-ring (bicyclic) bond motifs is 2. The molecule has 6 rings (SSSR count). The highest BCUT2D eigenvalue weighted by molar-refractivity contribution is 7.92. The molecule has 2 aliphatic heterocycles. The van der Waals surface area contributed by atoms with E-state index in [1.165, 1.54) is 18.6 Å². The second-order valence-electron chi connectivity index (χ2n) is 11.7. The van der Waals surface area contributed by atoms with Crippen LogP contribution < -0.4 is 0 Å². The minimum atomic E-state index is -4.38. The standard InChI is InChI=1S/C26H32F3N3O2S/c1-16(2)32-24(12-22(30-32)17-4-3-5-20(9-17)26(27,28)29)21-10-19-8-18(21)11-23(19)31-7-6-25(13-31)14-35(33,34)15-25/h3-5,9,12,16,18-19,21,23H,6-8,10-11,13-15H2,1-2H3/t18-,19?,21+,23+/m0/s1. The van der Waals surface area contributed by atoms with Gasteiger partial charge in [-0.15, -0.1) is 0 Å². The molecule has 1 unspecified atom stereocenters. The highest BCUT2D eigenvalue weighted by Gasteiger charge is 2.56. The Balaban J connectivity index is 1.21. The minimum Gasteiger partial charge on any atom is -0.299 e. The number of likely N-dealkylation sites (tertiary alicyclic amines) is 1. The summed E-state index contributed by atoms with van der Waals surface area (Å²) in [6, 6.07) is 8.10. The summed E-state index contributed by atoms with van der Waals surface area (Å²) in [5.74, 6) is 2.20. The summed E-state index contributed by atoms with van der Waals surface area (Å²) in [7, 11) is -2.82. The first-order chi connectivity index (χ1) is 16.4. The van der Waals surface area contributed by atoms with Crippen LogP contribution in [0.15, 0.2) is 30.3 Å². The summed E-state index contributed by atoms with van der Waals surface area (Å²) >= 11 is 0. The molecule has 2 saturated carbocycles. The molecule has 9 heteroatoms. The van der Waals surface area contributed by atoms with E-state index in [9.17, 15) is 21.6 Å². The number of rotatable bonds is 4. The zero-order valence-electron chi connectivity index (χ0n) is 20.1. The van der Waals surface area contributed by atoms with E-state index in [0.717, 1.165) is 44.1 Å². The molecule has 1 spiro atoms. The van der Waals surface area contributed by atoms with Gasteiger partial charge in [-0.2, -0.15) is 18.3 Å². The lowest BCUT2D eigenvalue weighted by atomic mass is 9.82. The zero-order valence-corrected chi connectivity index (χ0v) is 20.9. The van der Waals surface area contributed by atoms with Crippen molar-refractivity contribution in [1.82, 2.24) is 14.7 Å². The van der Waals surface area contributed by atoms with E-state index in [-0.39, 0.29) is 11.5 Å². The molecule has 2 bridgehead atoms. The topological polar surface area (TPSA) is 55.2 Å². The molecule has 0 radical (unpaired) electrons. The van der Waals surface area contributed by atoms with E-state index in [2.05, 4.69) is 18.7 Å². The van der Waals surface area contributed by atoms with Crippen LogP contribution in [0.3, 0.4) is 0 Å². The van der Waals surface area contributed by atoms with Gasteiger partial charge in [-0.05, 0) is 76.1 Å². The molecule has 5 nitrogen and oxygen atoms in total. The fourth-order valence-corrected chi connectivity index (χ4v) is 9.78. The molecule has 4 aliphatic rings. The van der Waals surface area contributed by atoms with Gasteiger partial charge in [0.25, 0.3) is 0 Å². The Morgan fingerprint density at radius 3 is 2.49 bits per heavy atom. The largest absolute Gasteiger partial charge is 0.416 e. The number of alkyl halides is 3. The average Bonchev–Trinajstić information content (AvgIpc) is 3.53. The minimum absolute atomic E-state index is 0.00379. The molecule has 3 heterocycles. The van der Waals surface area contributed by atoms with Crippen molar-refractivity contribution in [3.8, 4) is 11.3 Å². The fraction of sp³-hybridized carbons (Fsp3) is 0.654. The highest BCUT2D eigenvalue weighted by atomic mass is 32.2. The van der Waals surface area contributed by atoms with Crippen LogP contribution >= 0.6 is 0 Å². The number of hydrogen-bond donors (Lipinski definition) is 0. The first-order valence-electron chi connectivity index (χ1n) is 12.6. The number of halogens is 3. The van der Waals surface area contributed by atoms with E-state index >= 15 is 0 Å². The molecular formula is C26H32F3N3O2S. The Kier molecular flexibility index (Phi) is 5.25. The summed E-state index contributed by atoms with van der Waals surface area (Å²) < 4.78 is 65.4. The average molecular weight is 508 g/mol. The Morgan fingerprint density at radius 2 is 1.86 bits per heavy atom. The second-order valence-corrected chi connectivity index (χ2v) is 13.8. The van der Waals surface area contributed by atoms with Crippen LogP contribution in [-0.2, 0) is 16.0 Å². The van der Waals surface area contributed by atoms with Gasteiger partial charge in [0, 0.05) is 41.2 Å². The summed E-state index contributed by atoms with van der Waals surface area (Å²) in [6.45, 7) is 6.05. The van der Waals surface area contributed by atoms with Gasteiger partial charge in [0.15, 0.2) is 9.84 Å². The van der Waals surface area contributed by atoms with Crippen LogP contribution in [0.2, 0.25) is 0 Å². The van der Waals surface area contributed by atoms with E-state index in [4.69, 9.17) is 5.10 Å². The van der Waals surface area contributed by atoms with Crippen LogP contribution in [0.4, 0.5) is 13.2 Å². The smallest absolute Gasteiger partial charge is 0.299 e. The van der Waals surface area contributed by atoms with Crippen LogP contribution in [0.25, 0.3) is 11.3 Å². The number of aromatic nitrogens is 2. The summed E-state index contributed by atoms with van der Waals surface area (Å²) in [6.07, 6.45) is -0.0435. The van der Waals surface area contributed by atoms with Gasteiger partial charge >= 0.3 is 6.18 Å². The van der Waals surface area contributed by atoms with E-state index in [1.807, 2.05) is 10.7 Å².